The second-order valence-electron chi connectivity index (χ2n) is 6.05. The average Bonchev–Trinajstić information content (AvgIpc) is 2.68. The summed E-state index contributed by atoms with van der Waals surface area (Å²) < 4.78 is 0. The molecule has 7 nitrogen and oxygen atoms in total. The molecule has 1 aromatic carbocycles. The van der Waals surface area contributed by atoms with Crippen molar-refractivity contribution in [3.05, 3.63) is 94.3 Å². The van der Waals surface area contributed by atoms with E-state index in [0.717, 1.165) is 0 Å². The molecule has 0 saturated heterocycles. The molecular formula is C19H17N3O4. The van der Waals surface area contributed by atoms with Gasteiger partial charge in [0, 0.05) is 24.5 Å². The maximum atomic E-state index is 12.9. The monoisotopic (exact) mass is 351 g/mol. The molecule has 1 aliphatic rings. The number of Topliss-reactive ketones (excluding diaryl/α,β-unsaturated/α-hetero) is 1. The first-order valence-electron chi connectivity index (χ1n) is 7.93. The van der Waals surface area contributed by atoms with Crippen molar-refractivity contribution >= 4 is 11.5 Å². The molecular weight excluding hydrogens is 334 g/mol. The minimum Gasteiger partial charge on any atom is -0.316 e. The molecule has 2 unspecified atom stereocenters. The summed E-state index contributed by atoms with van der Waals surface area (Å²) in [5.74, 6) is -0.281. The number of aromatic nitrogens is 1. The summed E-state index contributed by atoms with van der Waals surface area (Å²) in [5, 5.41) is 21.4. The van der Waals surface area contributed by atoms with Crippen LogP contribution >= 0.6 is 0 Å². The number of carbonyl (C=O) groups is 1. The van der Waals surface area contributed by atoms with Gasteiger partial charge in [0.1, 0.15) is 16.7 Å². The van der Waals surface area contributed by atoms with Gasteiger partial charge in [0.05, 0.1) is 4.92 Å². The van der Waals surface area contributed by atoms with Gasteiger partial charge in [0.15, 0.2) is 0 Å². The zero-order valence-corrected chi connectivity index (χ0v) is 14.0. The lowest BCUT2D eigenvalue weighted by Crippen LogP contribution is -2.59. The van der Waals surface area contributed by atoms with Gasteiger partial charge in [0.25, 0.3) is 5.69 Å². The third-order valence-electron chi connectivity index (χ3n) is 4.81. The maximum absolute atomic E-state index is 12.9. The molecule has 0 aliphatic heterocycles. The molecule has 1 heterocycles. The van der Waals surface area contributed by atoms with Gasteiger partial charge in [-0.15, -0.1) is 0 Å². The standard InChI is InChI=1S/C19H17N3O4/c1-14(23)18(16-5-4-6-17(13-16)22(25)26)9-2-3-10-19(18,21-24)15-7-11-20-12-8-15/h2-13,21,24H,1H3. The summed E-state index contributed by atoms with van der Waals surface area (Å²) in [6, 6.07) is 9.26. The number of nitrogens with zero attached hydrogens (tertiary/aromatic N) is 2. The molecule has 0 saturated carbocycles. The number of allylic oxidation sites excluding steroid dienone is 2. The molecule has 2 aromatic rings. The van der Waals surface area contributed by atoms with Crippen LogP contribution in [0.1, 0.15) is 18.1 Å². The molecule has 0 radical (unpaired) electrons. The smallest absolute Gasteiger partial charge is 0.269 e. The molecule has 26 heavy (non-hydrogen) atoms. The number of ketones is 1. The van der Waals surface area contributed by atoms with E-state index in [0.29, 0.717) is 11.1 Å². The Morgan fingerprint density at radius 1 is 1.15 bits per heavy atom. The molecule has 7 heteroatoms. The maximum Gasteiger partial charge on any atom is 0.269 e. The summed E-state index contributed by atoms with van der Waals surface area (Å²) >= 11 is 0. The highest BCUT2D eigenvalue weighted by atomic mass is 16.6. The SMILES string of the molecule is CC(=O)C1(c2cccc([N+](=O)[O-])c2)C=CC=CC1(NO)c1ccncc1. The number of nitro benzene ring substituents is 1. The second-order valence-corrected chi connectivity index (χ2v) is 6.05. The molecule has 132 valence electrons. The van der Waals surface area contributed by atoms with Gasteiger partial charge in [-0.1, -0.05) is 36.4 Å². The fourth-order valence-corrected chi connectivity index (χ4v) is 3.58. The normalized spacial score (nSPS) is 24.4. The Morgan fingerprint density at radius 3 is 2.46 bits per heavy atom. The first-order chi connectivity index (χ1) is 12.5. The van der Waals surface area contributed by atoms with Gasteiger partial charge in [-0.3, -0.25) is 19.9 Å². The first-order valence-corrected chi connectivity index (χ1v) is 7.93. The number of carbonyl (C=O) groups excluding carboxylic acids is 1. The van der Waals surface area contributed by atoms with Crippen molar-refractivity contribution in [2.24, 2.45) is 0 Å². The third-order valence-corrected chi connectivity index (χ3v) is 4.81. The minimum atomic E-state index is -1.39. The van der Waals surface area contributed by atoms with E-state index in [9.17, 15) is 20.1 Å². The zero-order valence-electron chi connectivity index (χ0n) is 14.0. The minimum absolute atomic E-state index is 0.132. The molecule has 2 N–H and O–H groups in total. The Hall–Kier alpha value is -3.16. The van der Waals surface area contributed by atoms with E-state index in [2.05, 4.69) is 10.5 Å². The molecule has 3 rings (SSSR count). The Balaban J connectivity index is 2.35. The molecule has 0 spiro atoms. The van der Waals surface area contributed by atoms with Crippen LogP contribution < -0.4 is 5.48 Å². The van der Waals surface area contributed by atoms with Crippen LogP contribution in [0.25, 0.3) is 0 Å². The number of non-ortho nitro benzene ring substituents is 1. The summed E-state index contributed by atoms with van der Waals surface area (Å²) in [5.41, 5.74) is 0.434. The third kappa shape index (κ3) is 2.45. The van der Waals surface area contributed by atoms with Crippen LogP contribution in [0.4, 0.5) is 5.69 Å². The van der Waals surface area contributed by atoms with Crippen LogP contribution in [0, 0.1) is 10.1 Å². The van der Waals surface area contributed by atoms with Crippen molar-refractivity contribution in [2.75, 3.05) is 0 Å². The zero-order chi connectivity index (χ0) is 18.8. The van der Waals surface area contributed by atoms with Crippen molar-refractivity contribution < 1.29 is 14.9 Å². The van der Waals surface area contributed by atoms with Crippen molar-refractivity contribution in [1.29, 1.82) is 0 Å². The van der Waals surface area contributed by atoms with Crippen molar-refractivity contribution in [1.82, 2.24) is 10.5 Å². The van der Waals surface area contributed by atoms with Gasteiger partial charge >= 0.3 is 0 Å². The topological polar surface area (TPSA) is 105 Å². The van der Waals surface area contributed by atoms with E-state index in [4.69, 9.17) is 0 Å². The van der Waals surface area contributed by atoms with Crippen LogP contribution in [0.15, 0.2) is 73.1 Å². The number of hydrogen-bond acceptors (Lipinski definition) is 6. The van der Waals surface area contributed by atoms with E-state index in [1.165, 1.54) is 25.1 Å². The van der Waals surface area contributed by atoms with Crippen molar-refractivity contribution in [2.45, 2.75) is 17.9 Å². The van der Waals surface area contributed by atoms with E-state index in [-0.39, 0.29) is 11.5 Å². The van der Waals surface area contributed by atoms with E-state index < -0.39 is 15.9 Å². The number of nitrogens with one attached hydrogen (secondary N) is 1. The number of pyridine rings is 1. The number of hydrogen-bond donors (Lipinski definition) is 2. The largest absolute Gasteiger partial charge is 0.316 e. The predicted molar refractivity (Wildman–Crippen MR) is 94.6 cm³/mol. The molecule has 0 fully saturated rings. The first kappa shape index (κ1) is 17.7. The Labute approximate surface area is 149 Å². The van der Waals surface area contributed by atoms with Gasteiger partial charge < -0.3 is 5.21 Å². The molecule has 0 bridgehead atoms. The lowest BCUT2D eigenvalue weighted by Gasteiger charge is -2.47. The number of benzene rings is 1. The molecule has 2 atom stereocenters. The van der Waals surface area contributed by atoms with Crippen LogP contribution in [0.5, 0.6) is 0 Å². The van der Waals surface area contributed by atoms with Crippen LogP contribution in [0.3, 0.4) is 0 Å². The summed E-state index contributed by atoms with van der Waals surface area (Å²) in [7, 11) is 0. The fraction of sp³-hybridized carbons (Fsp3) is 0.158. The quantitative estimate of drug-likeness (QED) is 0.634. The highest BCUT2D eigenvalue weighted by molar-refractivity contribution is 5.94. The highest BCUT2D eigenvalue weighted by Crippen LogP contribution is 2.47. The Morgan fingerprint density at radius 2 is 1.85 bits per heavy atom. The van der Waals surface area contributed by atoms with Crippen LogP contribution in [0.2, 0.25) is 0 Å². The lowest BCUT2D eigenvalue weighted by molar-refractivity contribution is -0.385. The second kappa shape index (κ2) is 6.62. The summed E-state index contributed by atoms with van der Waals surface area (Å²) in [6.45, 7) is 1.40. The molecule has 0 amide bonds. The fourth-order valence-electron chi connectivity index (χ4n) is 3.58. The van der Waals surface area contributed by atoms with Gasteiger partial charge in [-0.25, -0.2) is 0 Å². The predicted octanol–water partition coefficient (Wildman–Crippen LogP) is 2.82. The highest BCUT2D eigenvalue weighted by Gasteiger charge is 2.55. The Bertz CT molecular complexity index is 910. The van der Waals surface area contributed by atoms with Crippen molar-refractivity contribution in [3.63, 3.8) is 0 Å². The van der Waals surface area contributed by atoms with Crippen LogP contribution in [-0.4, -0.2) is 20.9 Å². The molecule has 1 aliphatic carbocycles. The molecule has 1 aromatic heterocycles. The van der Waals surface area contributed by atoms with E-state index in [1.54, 1.807) is 54.9 Å². The summed E-state index contributed by atoms with van der Waals surface area (Å²) in [4.78, 5) is 27.6. The number of nitro groups is 1. The Kier molecular flexibility index (Phi) is 4.50. The average molecular weight is 351 g/mol. The number of hydroxylamine groups is 1. The van der Waals surface area contributed by atoms with E-state index in [1.807, 2.05) is 0 Å². The van der Waals surface area contributed by atoms with E-state index >= 15 is 0 Å². The van der Waals surface area contributed by atoms with Gasteiger partial charge in [-0.2, -0.15) is 5.48 Å². The number of rotatable bonds is 5. The van der Waals surface area contributed by atoms with Gasteiger partial charge in [0.2, 0.25) is 0 Å². The van der Waals surface area contributed by atoms with Gasteiger partial charge in [-0.05, 0) is 30.2 Å². The van der Waals surface area contributed by atoms with Crippen molar-refractivity contribution in [3.8, 4) is 0 Å². The lowest BCUT2D eigenvalue weighted by atomic mass is 9.59. The summed E-state index contributed by atoms with van der Waals surface area (Å²) in [6.07, 6.45) is 9.83. The van der Waals surface area contributed by atoms with Crippen LogP contribution in [-0.2, 0) is 15.7 Å².